The lowest BCUT2D eigenvalue weighted by atomic mass is 9.80. The molecule has 0 amide bonds. The van der Waals surface area contributed by atoms with E-state index >= 15 is 0 Å². The van der Waals surface area contributed by atoms with Crippen LogP contribution < -0.4 is 0 Å². The molecule has 0 aromatic heterocycles. The van der Waals surface area contributed by atoms with E-state index in [-0.39, 0.29) is 0 Å². The highest BCUT2D eigenvalue weighted by Gasteiger charge is 2.66. The summed E-state index contributed by atoms with van der Waals surface area (Å²) in [5.74, 6) is 3.04. The molecule has 0 unspecified atom stereocenters. The summed E-state index contributed by atoms with van der Waals surface area (Å²) in [6, 6.07) is 0. The molecule has 0 N–H and O–H groups in total. The van der Waals surface area contributed by atoms with Gasteiger partial charge in [-0.1, -0.05) is 24.3 Å². The van der Waals surface area contributed by atoms with Crippen molar-refractivity contribution in [2.75, 3.05) is 0 Å². The van der Waals surface area contributed by atoms with Crippen molar-refractivity contribution in [3.8, 4) is 0 Å². The van der Waals surface area contributed by atoms with E-state index in [1.165, 1.54) is 25.7 Å². The van der Waals surface area contributed by atoms with Crippen molar-refractivity contribution < 1.29 is 0 Å². The molecular weight excluding hydrogens is 264 g/mol. The van der Waals surface area contributed by atoms with Gasteiger partial charge in [0, 0.05) is 23.7 Å². The summed E-state index contributed by atoms with van der Waals surface area (Å²) >= 11 is 0. The third kappa shape index (κ3) is 0.857. The van der Waals surface area contributed by atoms with Gasteiger partial charge in [0.1, 0.15) is 0 Å². The molecule has 0 nitrogen and oxygen atoms in total. The van der Waals surface area contributed by atoms with Gasteiger partial charge in [0.2, 0.25) is 0 Å². The second-order valence-corrected chi connectivity index (χ2v) is 9.05. The Bertz CT molecular complexity index is 713. The zero-order chi connectivity index (χ0) is 14.4. The van der Waals surface area contributed by atoms with Gasteiger partial charge in [-0.15, -0.1) is 0 Å². The van der Waals surface area contributed by atoms with Crippen molar-refractivity contribution in [2.45, 2.75) is 63.2 Å². The van der Waals surface area contributed by atoms with E-state index < -0.39 is 0 Å². The predicted octanol–water partition coefficient (Wildman–Crippen LogP) is 5.37. The van der Waals surface area contributed by atoms with Gasteiger partial charge in [-0.25, -0.2) is 0 Å². The molecule has 6 aliphatic rings. The van der Waals surface area contributed by atoms with Crippen molar-refractivity contribution in [1.29, 1.82) is 0 Å². The molecule has 4 atom stereocenters. The summed E-state index contributed by atoms with van der Waals surface area (Å²) in [6.45, 7) is 4.93. The fourth-order valence-electron chi connectivity index (χ4n) is 7.37. The zero-order valence-corrected chi connectivity index (χ0v) is 13.4. The van der Waals surface area contributed by atoms with Crippen molar-refractivity contribution in [1.82, 2.24) is 0 Å². The van der Waals surface area contributed by atoms with E-state index in [1.54, 1.807) is 33.4 Å². The number of allylic oxidation sites excluding steroid dienone is 4. The quantitative estimate of drug-likeness (QED) is 0.563. The molecule has 0 radical (unpaired) electrons. The lowest BCUT2D eigenvalue weighted by molar-refractivity contribution is 0.475. The van der Waals surface area contributed by atoms with Gasteiger partial charge in [-0.3, -0.25) is 0 Å². The van der Waals surface area contributed by atoms with Gasteiger partial charge in [0.15, 0.2) is 0 Å². The first-order valence-electron chi connectivity index (χ1n) is 9.22. The van der Waals surface area contributed by atoms with E-state index in [2.05, 4.69) is 38.2 Å². The molecule has 2 spiro atoms. The second kappa shape index (κ2) is 2.90. The summed E-state index contributed by atoms with van der Waals surface area (Å²) in [5.41, 5.74) is 11.8. The molecular formula is C22H22. The standard InChI is InChI=1S/C22H22/c1-11-17-13-3-5-15(21(13)7-8-21)19(17)12(2)20-16-6-4-14(18(11)20)22(16)9-10-22/h3-6,13-16H,7-10H2,1-2H3/t13-,14-,15-,16+/m0/s1. The topological polar surface area (TPSA) is 0 Å². The largest absolute Gasteiger partial charge is 0.0798 e. The van der Waals surface area contributed by atoms with Gasteiger partial charge < -0.3 is 0 Å². The molecule has 22 heavy (non-hydrogen) atoms. The van der Waals surface area contributed by atoms with Gasteiger partial charge in [-0.2, -0.15) is 0 Å². The first-order valence-corrected chi connectivity index (χ1v) is 9.22. The van der Waals surface area contributed by atoms with Gasteiger partial charge in [0.25, 0.3) is 0 Å². The summed E-state index contributed by atoms with van der Waals surface area (Å²) in [5, 5.41) is 0. The van der Waals surface area contributed by atoms with Crippen molar-refractivity contribution in [3.05, 3.63) is 57.7 Å². The van der Waals surface area contributed by atoms with Crippen LogP contribution in [-0.4, -0.2) is 0 Å². The molecule has 4 bridgehead atoms. The maximum absolute atomic E-state index is 2.56. The zero-order valence-electron chi connectivity index (χ0n) is 13.4. The minimum atomic E-state index is 0.636. The molecule has 1 aromatic carbocycles. The normalized spacial score (nSPS) is 40.8. The Morgan fingerprint density at radius 3 is 1.09 bits per heavy atom. The fourth-order valence-corrected chi connectivity index (χ4v) is 7.37. The van der Waals surface area contributed by atoms with Gasteiger partial charge >= 0.3 is 0 Å². The minimum Gasteiger partial charge on any atom is -0.0798 e. The summed E-state index contributed by atoms with van der Waals surface area (Å²) in [4.78, 5) is 0. The fraction of sp³-hybridized carbons (Fsp3) is 0.545. The Labute approximate surface area is 132 Å². The maximum Gasteiger partial charge on any atom is 0.00893 e. The number of benzene rings is 1. The highest BCUT2D eigenvalue weighted by atomic mass is 14.7. The molecule has 0 heterocycles. The maximum atomic E-state index is 2.56. The number of hydrogen-bond donors (Lipinski definition) is 0. The Hall–Kier alpha value is -1.30. The van der Waals surface area contributed by atoms with Gasteiger partial charge in [0.05, 0.1) is 0 Å². The van der Waals surface area contributed by atoms with Crippen LogP contribution in [0.15, 0.2) is 24.3 Å². The number of rotatable bonds is 0. The smallest absolute Gasteiger partial charge is 0.00893 e. The first-order chi connectivity index (χ1) is 10.7. The molecule has 2 saturated carbocycles. The Morgan fingerprint density at radius 2 is 0.864 bits per heavy atom. The lowest BCUT2D eigenvalue weighted by Crippen LogP contribution is -2.08. The van der Waals surface area contributed by atoms with Crippen molar-refractivity contribution in [3.63, 3.8) is 0 Å². The average molecular weight is 286 g/mol. The van der Waals surface area contributed by atoms with Crippen molar-refractivity contribution in [2.24, 2.45) is 10.8 Å². The van der Waals surface area contributed by atoms with Gasteiger partial charge in [-0.05, 0) is 83.7 Å². The molecule has 7 rings (SSSR count). The lowest BCUT2D eigenvalue weighted by Gasteiger charge is -2.25. The van der Waals surface area contributed by atoms with E-state index in [0.29, 0.717) is 10.8 Å². The number of hydrogen-bond acceptors (Lipinski definition) is 0. The number of fused-ring (bicyclic) bond motifs is 6. The molecule has 0 saturated heterocycles. The third-order valence-electron chi connectivity index (χ3n) is 8.56. The highest BCUT2D eigenvalue weighted by molar-refractivity contribution is 5.70. The van der Waals surface area contributed by atoms with Crippen LogP contribution in [0.25, 0.3) is 0 Å². The minimum absolute atomic E-state index is 0.636. The van der Waals surface area contributed by atoms with Crippen LogP contribution in [0.1, 0.15) is 82.7 Å². The monoisotopic (exact) mass is 286 g/mol. The molecule has 0 aliphatic heterocycles. The van der Waals surface area contributed by atoms with Crippen LogP contribution in [0.3, 0.4) is 0 Å². The first kappa shape index (κ1) is 11.3. The summed E-state index contributed by atoms with van der Waals surface area (Å²) < 4.78 is 0. The summed E-state index contributed by atoms with van der Waals surface area (Å²) in [7, 11) is 0. The molecule has 1 aromatic rings. The SMILES string of the molecule is Cc1c2c(c(C)c3c1[C@@H]1C=C[C@@H]3C13CC3)[C@@H]1C=C[C@H]2C12CC2. The molecule has 0 heteroatoms. The van der Waals surface area contributed by atoms with E-state index in [0.717, 1.165) is 23.7 Å². The summed E-state index contributed by atoms with van der Waals surface area (Å²) in [6.07, 6.45) is 16.1. The molecule has 6 aliphatic carbocycles. The van der Waals surface area contributed by atoms with Crippen LogP contribution in [0.5, 0.6) is 0 Å². The van der Waals surface area contributed by atoms with E-state index in [9.17, 15) is 0 Å². The van der Waals surface area contributed by atoms with Crippen LogP contribution in [0, 0.1) is 24.7 Å². The van der Waals surface area contributed by atoms with Crippen LogP contribution in [0.2, 0.25) is 0 Å². The third-order valence-corrected chi connectivity index (χ3v) is 8.56. The Morgan fingerprint density at radius 1 is 0.591 bits per heavy atom. The van der Waals surface area contributed by atoms with Crippen LogP contribution >= 0.6 is 0 Å². The highest BCUT2D eigenvalue weighted by Crippen LogP contribution is 2.78. The Balaban J connectivity index is 1.59. The Kier molecular flexibility index (Phi) is 1.49. The van der Waals surface area contributed by atoms with E-state index in [1.807, 2.05) is 0 Å². The molecule has 110 valence electrons. The van der Waals surface area contributed by atoms with Crippen LogP contribution in [-0.2, 0) is 0 Å². The molecule has 2 fully saturated rings. The van der Waals surface area contributed by atoms with Crippen molar-refractivity contribution >= 4 is 0 Å². The van der Waals surface area contributed by atoms with E-state index in [4.69, 9.17) is 0 Å². The predicted molar refractivity (Wildman–Crippen MR) is 88.5 cm³/mol. The average Bonchev–Trinajstić information content (AvgIpc) is 3.37. The van der Waals surface area contributed by atoms with Crippen LogP contribution in [0.4, 0.5) is 0 Å². The second-order valence-electron chi connectivity index (χ2n) is 9.05.